The maximum Gasteiger partial charge on any atom is 0.338 e. The summed E-state index contributed by atoms with van der Waals surface area (Å²) in [7, 11) is 0. The lowest BCUT2D eigenvalue weighted by molar-refractivity contribution is -0.105. The number of rotatable bonds is 4. The van der Waals surface area contributed by atoms with Crippen LogP contribution in [-0.4, -0.2) is 18.5 Å². The number of amides is 1. The average Bonchev–Trinajstić information content (AvgIpc) is 2.83. The molecule has 0 radical (unpaired) electrons. The average molecular weight is 233 g/mol. The van der Waals surface area contributed by atoms with E-state index in [9.17, 15) is 9.59 Å². The van der Waals surface area contributed by atoms with E-state index < -0.39 is 0 Å². The smallest absolute Gasteiger partial charge is 0.338 e. The molecule has 1 N–H and O–H groups in total. The Labute approximate surface area is 100.0 Å². The number of benzene rings is 1. The molecule has 0 saturated heterocycles. The quantitative estimate of drug-likeness (QED) is 0.641. The van der Waals surface area contributed by atoms with Gasteiger partial charge < -0.3 is 10.1 Å². The number of ether oxygens (including phenoxy) is 1. The van der Waals surface area contributed by atoms with E-state index in [0.717, 1.165) is 25.7 Å². The maximum atomic E-state index is 11.8. The number of carbonyl (C=O) groups excluding carboxylic acids is 2. The number of carbonyl (C=O) groups is 2. The first-order chi connectivity index (χ1) is 8.29. The van der Waals surface area contributed by atoms with E-state index in [0.29, 0.717) is 17.7 Å². The van der Waals surface area contributed by atoms with Crippen LogP contribution in [0.25, 0.3) is 0 Å². The molecule has 0 spiro atoms. The Morgan fingerprint density at radius 2 is 1.88 bits per heavy atom. The molecule has 1 aliphatic rings. The fourth-order valence-corrected chi connectivity index (χ4v) is 2.00. The monoisotopic (exact) mass is 233 g/mol. The Bertz CT molecular complexity index is 394. The van der Waals surface area contributed by atoms with Gasteiger partial charge in [-0.1, -0.05) is 0 Å². The summed E-state index contributed by atoms with van der Waals surface area (Å²) in [5, 5.41) is 2.51. The lowest BCUT2D eigenvalue weighted by atomic mass is 10.2. The third-order valence-electron chi connectivity index (χ3n) is 2.92. The summed E-state index contributed by atoms with van der Waals surface area (Å²) in [6.45, 7) is 0. The molecule has 1 saturated carbocycles. The minimum absolute atomic E-state index is 0.0790. The molecule has 90 valence electrons. The van der Waals surface area contributed by atoms with E-state index in [2.05, 4.69) is 5.32 Å². The van der Waals surface area contributed by atoms with Crippen LogP contribution < -0.4 is 5.32 Å². The zero-order valence-electron chi connectivity index (χ0n) is 9.52. The molecular weight excluding hydrogens is 218 g/mol. The topological polar surface area (TPSA) is 55.4 Å². The summed E-state index contributed by atoms with van der Waals surface area (Å²) in [6, 6.07) is 6.67. The first-order valence-corrected chi connectivity index (χ1v) is 5.81. The van der Waals surface area contributed by atoms with Crippen molar-refractivity contribution in [2.75, 3.05) is 5.32 Å². The standard InChI is InChI=1S/C13H15NO3/c15-9-14-11-7-5-10(6-8-11)13(16)17-12-3-1-2-4-12/h5-9,12H,1-4H2,(H,14,15). The minimum atomic E-state index is -0.283. The summed E-state index contributed by atoms with van der Waals surface area (Å²) in [4.78, 5) is 22.0. The second-order valence-electron chi connectivity index (χ2n) is 4.15. The van der Waals surface area contributed by atoms with E-state index in [1.54, 1.807) is 24.3 Å². The van der Waals surface area contributed by atoms with Crippen molar-refractivity contribution in [3.8, 4) is 0 Å². The Kier molecular flexibility index (Phi) is 3.75. The molecule has 0 heterocycles. The van der Waals surface area contributed by atoms with Crippen molar-refractivity contribution in [3.05, 3.63) is 29.8 Å². The van der Waals surface area contributed by atoms with Crippen molar-refractivity contribution in [1.82, 2.24) is 0 Å². The number of esters is 1. The van der Waals surface area contributed by atoms with Crippen molar-refractivity contribution in [2.24, 2.45) is 0 Å². The van der Waals surface area contributed by atoms with Crippen LogP contribution in [0.4, 0.5) is 5.69 Å². The molecule has 4 heteroatoms. The van der Waals surface area contributed by atoms with Crippen LogP contribution in [0.2, 0.25) is 0 Å². The van der Waals surface area contributed by atoms with Crippen molar-refractivity contribution in [3.63, 3.8) is 0 Å². The predicted molar refractivity (Wildman–Crippen MR) is 63.8 cm³/mol. The first-order valence-electron chi connectivity index (χ1n) is 5.81. The molecule has 1 fully saturated rings. The largest absolute Gasteiger partial charge is 0.459 e. The highest BCUT2D eigenvalue weighted by atomic mass is 16.5. The lowest BCUT2D eigenvalue weighted by Crippen LogP contribution is -2.14. The van der Waals surface area contributed by atoms with Crippen LogP contribution in [0.5, 0.6) is 0 Å². The van der Waals surface area contributed by atoms with Gasteiger partial charge in [0, 0.05) is 5.69 Å². The Hall–Kier alpha value is -1.84. The number of hydrogen-bond acceptors (Lipinski definition) is 3. The molecule has 1 amide bonds. The van der Waals surface area contributed by atoms with Gasteiger partial charge in [-0.2, -0.15) is 0 Å². The number of anilines is 1. The summed E-state index contributed by atoms with van der Waals surface area (Å²) in [5.41, 5.74) is 1.19. The summed E-state index contributed by atoms with van der Waals surface area (Å²) < 4.78 is 5.37. The third kappa shape index (κ3) is 3.06. The summed E-state index contributed by atoms with van der Waals surface area (Å²) in [6.07, 6.45) is 4.90. The van der Waals surface area contributed by atoms with Crippen molar-refractivity contribution < 1.29 is 14.3 Å². The molecule has 1 aromatic rings. The second kappa shape index (κ2) is 5.48. The third-order valence-corrected chi connectivity index (χ3v) is 2.92. The highest BCUT2D eigenvalue weighted by Crippen LogP contribution is 2.22. The van der Waals surface area contributed by atoms with E-state index in [-0.39, 0.29) is 12.1 Å². The van der Waals surface area contributed by atoms with Gasteiger partial charge in [-0.15, -0.1) is 0 Å². The SMILES string of the molecule is O=CNc1ccc(C(=O)OC2CCCC2)cc1. The van der Waals surface area contributed by atoms with E-state index >= 15 is 0 Å². The Morgan fingerprint density at radius 3 is 2.47 bits per heavy atom. The van der Waals surface area contributed by atoms with Crippen molar-refractivity contribution in [2.45, 2.75) is 31.8 Å². The van der Waals surface area contributed by atoms with Crippen LogP contribution >= 0.6 is 0 Å². The molecule has 0 unspecified atom stereocenters. The molecule has 1 aliphatic carbocycles. The fourth-order valence-electron chi connectivity index (χ4n) is 2.00. The predicted octanol–water partition coefficient (Wildman–Crippen LogP) is 2.35. The van der Waals surface area contributed by atoms with Crippen molar-refractivity contribution >= 4 is 18.1 Å². The molecular formula is C13H15NO3. The summed E-state index contributed by atoms with van der Waals surface area (Å²) >= 11 is 0. The van der Waals surface area contributed by atoms with Crippen LogP contribution in [0, 0.1) is 0 Å². The van der Waals surface area contributed by atoms with Gasteiger partial charge in [-0.3, -0.25) is 4.79 Å². The minimum Gasteiger partial charge on any atom is -0.459 e. The van der Waals surface area contributed by atoms with Crippen molar-refractivity contribution in [1.29, 1.82) is 0 Å². The van der Waals surface area contributed by atoms with Gasteiger partial charge in [0.2, 0.25) is 6.41 Å². The van der Waals surface area contributed by atoms with Gasteiger partial charge in [0.05, 0.1) is 5.56 Å². The van der Waals surface area contributed by atoms with Crippen LogP contribution in [0.3, 0.4) is 0 Å². The van der Waals surface area contributed by atoms with E-state index in [4.69, 9.17) is 4.74 Å². The normalized spacial score (nSPS) is 15.5. The molecule has 17 heavy (non-hydrogen) atoms. The Morgan fingerprint density at radius 1 is 1.24 bits per heavy atom. The van der Waals surface area contributed by atoms with E-state index in [1.165, 1.54) is 0 Å². The second-order valence-corrected chi connectivity index (χ2v) is 4.15. The highest BCUT2D eigenvalue weighted by molar-refractivity contribution is 5.90. The van der Waals surface area contributed by atoms with Gasteiger partial charge in [0.1, 0.15) is 6.10 Å². The fraction of sp³-hybridized carbons (Fsp3) is 0.385. The zero-order chi connectivity index (χ0) is 12.1. The van der Waals surface area contributed by atoms with Crippen LogP contribution in [-0.2, 0) is 9.53 Å². The molecule has 0 bridgehead atoms. The summed E-state index contributed by atoms with van der Waals surface area (Å²) in [5.74, 6) is -0.283. The molecule has 0 aromatic heterocycles. The molecule has 0 atom stereocenters. The maximum absolute atomic E-state index is 11.8. The molecule has 4 nitrogen and oxygen atoms in total. The molecule has 0 aliphatic heterocycles. The highest BCUT2D eigenvalue weighted by Gasteiger charge is 2.19. The van der Waals surface area contributed by atoms with Crippen LogP contribution in [0.15, 0.2) is 24.3 Å². The first kappa shape index (κ1) is 11.6. The van der Waals surface area contributed by atoms with Gasteiger partial charge in [0.25, 0.3) is 0 Å². The van der Waals surface area contributed by atoms with E-state index in [1.807, 2.05) is 0 Å². The van der Waals surface area contributed by atoms with Gasteiger partial charge in [0.15, 0.2) is 0 Å². The molecule has 2 rings (SSSR count). The zero-order valence-corrected chi connectivity index (χ0v) is 9.52. The Balaban J connectivity index is 1.96. The van der Waals surface area contributed by atoms with Gasteiger partial charge in [-0.05, 0) is 49.9 Å². The molecule has 1 aromatic carbocycles. The van der Waals surface area contributed by atoms with Gasteiger partial charge >= 0.3 is 5.97 Å². The number of nitrogens with one attached hydrogen (secondary N) is 1. The van der Waals surface area contributed by atoms with Gasteiger partial charge in [-0.25, -0.2) is 4.79 Å². The number of hydrogen-bond donors (Lipinski definition) is 1. The lowest BCUT2D eigenvalue weighted by Gasteiger charge is -2.11. The van der Waals surface area contributed by atoms with Crippen LogP contribution in [0.1, 0.15) is 36.0 Å².